The number of carbonyl (C=O) groups is 1. The first-order valence-electron chi connectivity index (χ1n) is 7.51. The minimum atomic E-state index is -0.483. The molecule has 1 aromatic heterocycles. The summed E-state index contributed by atoms with van der Waals surface area (Å²) in [6.45, 7) is 7.03. The fraction of sp³-hybridized carbons (Fsp3) is 0.500. The van der Waals surface area contributed by atoms with E-state index in [0.29, 0.717) is 12.6 Å². The van der Waals surface area contributed by atoms with Crippen LogP contribution in [0.5, 0.6) is 0 Å². The van der Waals surface area contributed by atoms with Crippen LogP contribution in [0.3, 0.4) is 0 Å². The van der Waals surface area contributed by atoms with Gasteiger partial charge >= 0.3 is 6.09 Å². The van der Waals surface area contributed by atoms with Gasteiger partial charge in [-0.3, -0.25) is 0 Å². The van der Waals surface area contributed by atoms with Crippen LogP contribution in [0, 0.1) is 0 Å². The van der Waals surface area contributed by atoms with Crippen molar-refractivity contribution in [3.8, 4) is 0 Å². The molecule has 0 spiro atoms. The molecule has 1 atom stereocenters. The van der Waals surface area contributed by atoms with E-state index in [2.05, 4.69) is 10.3 Å². The zero-order valence-electron chi connectivity index (χ0n) is 13.1. The van der Waals surface area contributed by atoms with Gasteiger partial charge in [0.2, 0.25) is 0 Å². The maximum Gasteiger partial charge on any atom is 0.407 e. The number of anilines is 1. The summed E-state index contributed by atoms with van der Waals surface area (Å²) >= 11 is 0. The molecule has 0 bridgehead atoms. The maximum atomic E-state index is 11.8. The molecule has 0 unspecified atom stereocenters. The Morgan fingerprint density at radius 1 is 1.41 bits per heavy atom. The van der Waals surface area contributed by atoms with Crippen LogP contribution < -0.4 is 10.2 Å². The van der Waals surface area contributed by atoms with Gasteiger partial charge < -0.3 is 19.4 Å². The molecule has 6 nitrogen and oxygen atoms in total. The lowest BCUT2D eigenvalue weighted by atomic mass is 10.2. The van der Waals surface area contributed by atoms with E-state index in [4.69, 9.17) is 9.15 Å². The van der Waals surface area contributed by atoms with Crippen LogP contribution in [0.2, 0.25) is 0 Å². The minimum Gasteiger partial charge on any atom is -0.444 e. The molecule has 0 saturated carbocycles. The van der Waals surface area contributed by atoms with Crippen LogP contribution in [0.1, 0.15) is 27.2 Å². The van der Waals surface area contributed by atoms with Crippen molar-refractivity contribution in [1.82, 2.24) is 10.3 Å². The number of carbonyl (C=O) groups excluding carboxylic acids is 1. The number of hydrogen-bond donors (Lipinski definition) is 1. The number of oxazole rings is 1. The van der Waals surface area contributed by atoms with Crippen molar-refractivity contribution in [1.29, 1.82) is 0 Å². The van der Waals surface area contributed by atoms with Gasteiger partial charge in [0.1, 0.15) is 11.1 Å². The summed E-state index contributed by atoms with van der Waals surface area (Å²) in [5.41, 5.74) is 1.14. The van der Waals surface area contributed by atoms with Crippen molar-refractivity contribution >= 4 is 23.2 Å². The number of nitrogens with one attached hydrogen (secondary N) is 1. The Hall–Kier alpha value is -2.24. The Bertz CT molecular complexity index is 642. The molecule has 2 aromatic rings. The third-order valence-electron chi connectivity index (χ3n) is 3.46. The van der Waals surface area contributed by atoms with E-state index >= 15 is 0 Å². The lowest BCUT2D eigenvalue weighted by Gasteiger charge is -2.21. The molecule has 1 N–H and O–H groups in total. The van der Waals surface area contributed by atoms with E-state index in [0.717, 1.165) is 24.1 Å². The van der Waals surface area contributed by atoms with E-state index in [1.807, 2.05) is 49.9 Å². The molecule has 0 radical (unpaired) electrons. The molecule has 0 aliphatic carbocycles. The highest BCUT2D eigenvalue weighted by atomic mass is 16.6. The third-order valence-corrected chi connectivity index (χ3v) is 3.46. The molecule has 1 aliphatic heterocycles. The van der Waals surface area contributed by atoms with Crippen molar-refractivity contribution in [2.75, 3.05) is 18.0 Å². The summed E-state index contributed by atoms with van der Waals surface area (Å²) in [5, 5.41) is 2.90. The number of para-hydroxylation sites is 2. The number of nitrogens with zero attached hydrogens (tertiary/aromatic N) is 2. The number of fused-ring (bicyclic) bond motifs is 1. The van der Waals surface area contributed by atoms with Gasteiger partial charge in [0.05, 0.1) is 6.04 Å². The molecule has 1 aromatic carbocycles. The second-order valence-corrected chi connectivity index (χ2v) is 6.54. The fourth-order valence-corrected chi connectivity index (χ4v) is 2.52. The van der Waals surface area contributed by atoms with Crippen LogP contribution in [-0.4, -0.2) is 35.8 Å². The van der Waals surface area contributed by atoms with Crippen molar-refractivity contribution in [2.24, 2.45) is 0 Å². The molecule has 1 saturated heterocycles. The van der Waals surface area contributed by atoms with Crippen molar-refractivity contribution in [2.45, 2.75) is 38.8 Å². The molecule has 22 heavy (non-hydrogen) atoms. The highest BCUT2D eigenvalue weighted by molar-refractivity contribution is 5.74. The summed E-state index contributed by atoms with van der Waals surface area (Å²) in [6.07, 6.45) is 0.467. The second kappa shape index (κ2) is 5.51. The molecule has 1 amide bonds. The number of alkyl carbamates (subject to hydrolysis) is 1. The number of aromatic nitrogens is 1. The Balaban J connectivity index is 1.61. The molecular formula is C16H21N3O3. The smallest absolute Gasteiger partial charge is 0.407 e. The first-order chi connectivity index (χ1) is 10.4. The van der Waals surface area contributed by atoms with Crippen molar-refractivity contribution in [3.05, 3.63) is 24.3 Å². The second-order valence-electron chi connectivity index (χ2n) is 6.54. The Morgan fingerprint density at radius 2 is 2.18 bits per heavy atom. The lowest BCUT2D eigenvalue weighted by Crippen LogP contribution is -2.40. The summed E-state index contributed by atoms with van der Waals surface area (Å²) in [5.74, 6) is 0. The quantitative estimate of drug-likeness (QED) is 0.924. The average molecular weight is 303 g/mol. The number of rotatable bonds is 2. The summed E-state index contributed by atoms with van der Waals surface area (Å²) in [7, 11) is 0. The Morgan fingerprint density at radius 3 is 2.91 bits per heavy atom. The van der Waals surface area contributed by atoms with Gasteiger partial charge in [0.15, 0.2) is 5.58 Å². The predicted molar refractivity (Wildman–Crippen MR) is 84.0 cm³/mol. The number of benzene rings is 1. The van der Waals surface area contributed by atoms with Gasteiger partial charge in [0, 0.05) is 13.1 Å². The first-order valence-corrected chi connectivity index (χ1v) is 7.51. The standard InChI is InChI=1S/C16H21N3O3/c1-16(2,3)22-15(20)17-11-8-9-19(10-11)14-18-12-6-4-5-7-13(12)21-14/h4-7,11H,8-10H2,1-3H3,(H,17,20)/t11-/m1/s1. The van der Waals surface area contributed by atoms with E-state index < -0.39 is 5.60 Å². The minimum absolute atomic E-state index is 0.0462. The van der Waals surface area contributed by atoms with Gasteiger partial charge in [-0.15, -0.1) is 0 Å². The molecule has 118 valence electrons. The topological polar surface area (TPSA) is 67.6 Å². The normalized spacial score (nSPS) is 18.7. The highest BCUT2D eigenvalue weighted by Gasteiger charge is 2.28. The van der Waals surface area contributed by atoms with Gasteiger partial charge in [0.25, 0.3) is 6.01 Å². The zero-order chi connectivity index (χ0) is 15.7. The Kier molecular flexibility index (Phi) is 3.68. The average Bonchev–Trinajstić information content (AvgIpc) is 3.01. The highest BCUT2D eigenvalue weighted by Crippen LogP contribution is 2.24. The number of amides is 1. The summed E-state index contributed by atoms with van der Waals surface area (Å²) < 4.78 is 11.0. The summed E-state index contributed by atoms with van der Waals surface area (Å²) in [6, 6.07) is 8.34. The predicted octanol–water partition coefficient (Wildman–Crippen LogP) is 2.93. The van der Waals surface area contributed by atoms with Crippen LogP contribution in [0.4, 0.5) is 10.8 Å². The van der Waals surface area contributed by atoms with Crippen molar-refractivity contribution in [3.63, 3.8) is 0 Å². The van der Waals surface area contributed by atoms with E-state index in [1.165, 1.54) is 0 Å². The molecule has 6 heteroatoms. The van der Waals surface area contributed by atoms with Gasteiger partial charge in [-0.2, -0.15) is 4.98 Å². The molecule has 2 heterocycles. The summed E-state index contributed by atoms with van der Waals surface area (Å²) in [4.78, 5) is 18.3. The first kappa shape index (κ1) is 14.7. The fourth-order valence-electron chi connectivity index (χ4n) is 2.52. The van der Waals surface area contributed by atoms with Gasteiger partial charge in [-0.1, -0.05) is 12.1 Å². The maximum absolute atomic E-state index is 11.8. The SMILES string of the molecule is CC(C)(C)OC(=O)N[C@@H]1CCN(c2nc3ccccc3o2)C1. The lowest BCUT2D eigenvalue weighted by molar-refractivity contribution is 0.0509. The molecule has 1 aliphatic rings. The number of hydrogen-bond acceptors (Lipinski definition) is 5. The van der Waals surface area contributed by atoms with Gasteiger partial charge in [-0.25, -0.2) is 4.79 Å². The third kappa shape index (κ3) is 3.32. The number of ether oxygens (including phenoxy) is 1. The molecular weight excluding hydrogens is 282 g/mol. The zero-order valence-corrected chi connectivity index (χ0v) is 13.1. The monoisotopic (exact) mass is 303 g/mol. The van der Waals surface area contributed by atoms with Gasteiger partial charge in [-0.05, 0) is 39.3 Å². The van der Waals surface area contributed by atoms with Crippen molar-refractivity contribution < 1.29 is 13.9 Å². The largest absolute Gasteiger partial charge is 0.444 e. The van der Waals surface area contributed by atoms with Crippen LogP contribution in [0.15, 0.2) is 28.7 Å². The Labute approximate surface area is 129 Å². The van der Waals surface area contributed by atoms with E-state index in [1.54, 1.807) is 0 Å². The van der Waals surface area contributed by atoms with E-state index in [-0.39, 0.29) is 12.1 Å². The van der Waals surface area contributed by atoms with Crippen LogP contribution in [-0.2, 0) is 4.74 Å². The van der Waals surface area contributed by atoms with E-state index in [9.17, 15) is 4.79 Å². The van der Waals surface area contributed by atoms with Crippen LogP contribution in [0.25, 0.3) is 11.1 Å². The van der Waals surface area contributed by atoms with Crippen LogP contribution >= 0.6 is 0 Å². The molecule has 1 fully saturated rings. The molecule has 3 rings (SSSR count).